The number of aromatic nitrogens is 2. The minimum atomic E-state index is 0.489. The average Bonchev–Trinajstić information content (AvgIpc) is 2.58. The number of fused-ring (bicyclic) bond motifs is 3. The van der Waals surface area contributed by atoms with E-state index in [0.29, 0.717) is 5.92 Å². The first kappa shape index (κ1) is 12.1. The molecule has 3 nitrogen and oxygen atoms in total. The van der Waals surface area contributed by atoms with E-state index in [1.165, 1.54) is 22.2 Å². The first-order chi connectivity index (χ1) is 8.68. The second kappa shape index (κ2) is 4.59. The highest BCUT2D eigenvalue weighted by Gasteiger charge is 2.21. The maximum atomic E-state index is 4.88. The highest BCUT2D eigenvalue weighted by atomic mass is 32.1. The monoisotopic (exact) mass is 261 g/mol. The summed E-state index contributed by atoms with van der Waals surface area (Å²) in [7, 11) is 0. The Labute approximate surface area is 112 Å². The van der Waals surface area contributed by atoms with Crippen molar-refractivity contribution in [3.05, 3.63) is 22.5 Å². The van der Waals surface area contributed by atoms with E-state index < -0.39 is 0 Å². The average molecular weight is 261 g/mol. The van der Waals surface area contributed by atoms with E-state index in [1.54, 1.807) is 11.5 Å². The van der Waals surface area contributed by atoms with E-state index in [9.17, 15) is 0 Å². The van der Waals surface area contributed by atoms with Crippen molar-refractivity contribution in [2.24, 2.45) is 0 Å². The minimum absolute atomic E-state index is 0.489. The van der Waals surface area contributed by atoms with Crippen LogP contribution in [0.1, 0.15) is 42.3 Å². The standard InChI is InChI=1S/C14H19N3S/c1-8(2)13-11-5-7-15-6-4-10(11)12-9(3)17-18-14(12)16-13/h8,15H,4-7H2,1-3H3. The molecule has 18 heavy (non-hydrogen) atoms. The topological polar surface area (TPSA) is 37.8 Å². The molecular formula is C14H19N3S. The molecule has 0 amide bonds. The Balaban J connectivity index is 2.34. The van der Waals surface area contributed by atoms with Crippen molar-refractivity contribution in [2.75, 3.05) is 13.1 Å². The lowest BCUT2D eigenvalue weighted by Gasteiger charge is -2.15. The van der Waals surface area contributed by atoms with Gasteiger partial charge in [0.1, 0.15) is 4.83 Å². The van der Waals surface area contributed by atoms with Gasteiger partial charge in [0.25, 0.3) is 0 Å². The number of nitrogens with zero attached hydrogens (tertiary/aromatic N) is 2. The molecule has 0 aliphatic carbocycles. The van der Waals surface area contributed by atoms with Crippen molar-refractivity contribution < 1.29 is 0 Å². The van der Waals surface area contributed by atoms with Gasteiger partial charge in [-0.05, 0) is 61.4 Å². The molecule has 3 heterocycles. The maximum Gasteiger partial charge on any atom is 0.144 e. The molecule has 0 radical (unpaired) electrons. The molecule has 1 aliphatic heterocycles. The fourth-order valence-corrected chi connectivity index (χ4v) is 3.66. The summed E-state index contributed by atoms with van der Waals surface area (Å²) in [5.74, 6) is 0.489. The fraction of sp³-hybridized carbons (Fsp3) is 0.571. The van der Waals surface area contributed by atoms with Crippen LogP contribution in [-0.4, -0.2) is 22.4 Å². The Kier molecular flexibility index (Phi) is 3.08. The van der Waals surface area contributed by atoms with Crippen LogP contribution in [0, 0.1) is 6.92 Å². The molecule has 0 bridgehead atoms. The quantitative estimate of drug-likeness (QED) is 0.858. The van der Waals surface area contributed by atoms with Crippen molar-refractivity contribution in [2.45, 2.75) is 39.5 Å². The third kappa shape index (κ3) is 1.84. The van der Waals surface area contributed by atoms with E-state index in [2.05, 4.69) is 30.5 Å². The Bertz CT molecular complexity index is 586. The van der Waals surface area contributed by atoms with Crippen molar-refractivity contribution in [1.29, 1.82) is 0 Å². The van der Waals surface area contributed by atoms with Gasteiger partial charge in [0.05, 0.1) is 5.69 Å². The SMILES string of the molecule is Cc1nsc2nc(C(C)C)c3c(c12)CCNCC3. The van der Waals surface area contributed by atoms with Gasteiger partial charge in [-0.3, -0.25) is 0 Å². The van der Waals surface area contributed by atoms with Crippen LogP contribution in [-0.2, 0) is 12.8 Å². The normalized spacial score (nSPS) is 16.0. The van der Waals surface area contributed by atoms with Crippen LogP contribution in [0.4, 0.5) is 0 Å². The van der Waals surface area contributed by atoms with Gasteiger partial charge in [0, 0.05) is 11.1 Å². The van der Waals surface area contributed by atoms with Gasteiger partial charge in [0.2, 0.25) is 0 Å². The molecule has 2 aromatic rings. The maximum absolute atomic E-state index is 4.88. The molecule has 0 saturated carbocycles. The second-order valence-corrected chi connectivity index (χ2v) is 6.06. The van der Waals surface area contributed by atoms with Gasteiger partial charge in [-0.2, -0.15) is 4.37 Å². The van der Waals surface area contributed by atoms with Gasteiger partial charge >= 0.3 is 0 Å². The summed E-state index contributed by atoms with van der Waals surface area (Å²) >= 11 is 1.54. The molecule has 0 fully saturated rings. The van der Waals surface area contributed by atoms with Crippen molar-refractivity contribution in [3.8, 4) is 0 Å². The molecule has 0 aromatic carbocycles. The van der Waals surface area contributed by atoms with E-state index in [-0.39, 0.29) is 0 Å². The summed E-state index contributed by atoms with van der Waals surface area (Å²) in [5.41, 5.74) is 5.41. The molecule has 96 valence electrons. The molecule has 1 aliphatic rings. The largest absolute Gasteiger partial charge is 0.316 e. The number of pyridine rings is 1. The summed E-state index contributed by atoms with van der Waals surface area (Å²) in [4.78, 5) is 6.00. The zero-order valence-corrected chi connectivity index (χ0v) is 12.0. The van der Waals surface area contributed by atoms with Gasteiger partial charge in [-0.25, -0.2) is 4.98 Å². The van der Waals surface area contributed by atoms with Crippen molar-refractivity contribution in [1.82, 2.24) is 14.7 Å². The molecule has 1 N–H and O–H groups in total. The number of nitrogens with one attached hydrogen (secondary N) is 1. The van der Waals surface area contributed by atoms with Crippen LogP contribution < -0.4 is 5.32 Å². The minimum Gasteiger partial charge on any atom is -0.316 e. The summed E-state index contributed by atoms with van der Waals surface area (Å²) in [6.45, 7) is 8.71. The molecule has 0 spiro atoms. The molecule has 2 aromatic heterocycles. The van der Waals surface area contributed by atoms with E-state index in [1.807, 2.05) is 0 Å². The number of aryl methyl sites for hydroxylation is 1. The molecule has 3 rings (SSSR count). The Morgan fingerprint density at radius 1 is 1.17 bits per heavy atom. The van der Waals surface area contributed by atoms with Crippen molar-refractivity contribution in [3.63, 3.8) is 0 Å². The number of hydrogen-bond acceptors (Lipinski definition) is 4. The van der Waals surface area contributed by atoms with Crippen molar-refractivity contribution >= 4 is 21.7 Å². The first-order valence-electron chi connectivity index (χ1n) is 6.67. The molecule has 4 heteroatoms. The Morgan fingerprint density at radius 2 is 1.89 bits per heavy atom. The molecule has 0 atom stereocenters. The van der Waals surface area contributed by atoms with Gasteiger partial charge in [-0.15, -0.1) is 0 Å². The molecule has 0 saturated heterocycles. The van der Waals surface area contributed by atoms with Crippen LogP contribution in [0.3, 0.4) is 0 Å². The van der Waals surface area contributed by atoms with Crippen LogP contribution in [0.25, 0.3) is 10.2 Å². The summed E-state index contributed by atoms with van der Waals surface area (Å²) in [5, 5.41) is 4.81. The highest BCUT2D eigenvalue weighted by molar-refractivity contribution is 7.13. The van der Waals surface area contributed by atoms with Gasteiger partial charge in [0.15, 0.2) is 0 Å². The molecular weight excluding hydrogens is 242 g/mol. The van der Waals surface area contributed by atoms with E-state index in [0.717, 1.165) is 36.5 Å². The van der Waals surface area contributed by atoms with Crippen LogP contribution in [0.15, 0.2) is 0 Å². The van der Waals surface area contributed by atoms with Crippen LogP contribution in [0.5, 0.6) is 0 Å². The third-order valence-electron chi connectivity index (χ3n) is 3.69. The predicted octanol–water partition coefficient (Wildman–Crippen LogP) is 2.81. The summed E-state index contributed by atoms with van der Waals surface area (Å²) < 4.78 is 4.49. The lowest BCUT2D eigenvalue weighted by atomic mass is 9.93. The Morgan fingerprint density at radius 3 is 2.61 bits per heavy atom. The van der Waals surface area contributed by atoms with E-state index in [4.69, 9.17) is 4.98 Å². The highest BCUT2D eigenvalue weighted by Crippen LogP contribution is 2.32. The first-order valence-corrected chi connectivity index (χ1v) is 7.44. The van der Waals surface area contributed by atoms with Crippen LogP contribution in [0.2, 0.25) is 0 Å². The number of rotatable bonds is 1. The lowest BCUT2D eigenvalue weighted by Crippen LogP contribution is -2.16. The van der Waals surface area contributed by atoms with Crippen LogP contribution >= 0.6 is 11.5 Å². The second-order valence-electron chi connectivity index (χ2n) is 5.31. The molecule has 0 unspecified atom stereocenters. The number of hydrogen-bond donors (Lipinski definition) is 1. The van der Waals surface area contributed by atoms with E-state index >= 15 is 0 Å². The smallest absolute Gasteiger partial charge is 0.144 e. The Hall–Kier alpha value is -1.00. The predicted molar refractivity (Wildman–Crippen MR) is 76.5 cm³/mol. The fourth-order valence-electron chi connectivity index (χ4n) is 2.85. The summed E-state index contributed by atoms with van der Waals surface area (Å²) in [6.07, 6.45) is 2.20. The summed E-state index contributed by atoms with van der Waals surface area (Å²) in [6, 6.07) is 0. The third-order valence-corrected chi connectivity index (χ3v) is 4.53. The zero-order chi connectivity index (χ0) is 12.7. The lowest BCUT2D eigenvalue weighted by molar-refractivity contribution is 0.707. The zero-order valence-electron chi connectivity index (χ0n) is 11.2. The van der Waals surface area contributed by atoms with Gasteiger partial charge in [-0.1, -0.05) is 13.8 Å². The van der Waals surface area contributed by atoms with Gasteiger partial charge < -0.3 is 5.32 Å².